The Morgan fingerprint density at radius 1 is 0.182 bits per heavy atom. The van der Waals surface area contributed by atoms with Crippen molar-refractivity contribution >= 4 is 216 Å². The average Bonchev–Trinajstić information content (AvgIpc) is 1.43. The highest BCUT2D eigenvalue weighted by atomic mass is 32.1. The van der Waals surface area contributed by atoms with Gasteiger partial charge in [0.25, 0.3) is 0 Å². The molecule has 0 aliphatic carbocycles. The zero-order valence-electron chi connectivity index (χ0n) is 76.5. The van der Waals surface area contributed by atoms with Gasteiger partial charge in [0, 0.05) is 58.5 Å². The van der Waals surface area contributed by atoms with Crippen molar-refractivity contribution in [3.8, 4) is 63.4 Å². The molecule has 0 saturated heterocycles. The number of hydrogen-bond acceptors (Lipinski definition) is 10. The number of imidazole rings is 6. The van der Waals surface area contributed by atoms with E-state index in [0.29, 0.717) is 52.8 Å². The molecule has 30 rings (SSSR count). The van der Waals surface area contributed by atoms with E-state index in [1.54, 1.807) is 0 Å². The molecule has 11 aromatic heterocycles. The molecule has 0 spiro atoms. The Labute approximate surface area is 821 Å². The Bertz CT molecular complexity index is 10300. The molecule has 0 atom stereocenters. The van der Waals surface area contributed by atoms with Crippen molar-refractivity contribution in [3.05, 3.63) is 467 Å². The molecule has 0 N–H and O–H groups in total. The molecule has 0 amide bonds. The van der Waals surface area contributed by atoms with Crippen molar-refractivity contribution in [2.24, 2.45) is 0 Å². The summed E-state index contributed by atoms with van der Waals surface area (Å²) in [5.41, 5.74) is 19.6. The second kappa shape index (κ2) is 31.4. The molecule has 30 aromatic rings. The van der Waals surface area contributed by atoms with E-state index in [0.717, 1.165) is 127 Å². The first-order valence-corrected chi connectivity index (χ1v) is 52.9. The standard InChI is InChI=1S/C123H77N17SSi2/c1-5-34-83(35-6-1)142(84-36-7-2-8-37-84,89-42-31-33-82(77-89)133-99-50-19-13-43-90(99)91-44-14-20-51-100(91)133)87-69-63-78(64-70-87)116-129-119(138-107-58-27-24-55-104(107)135-103-54-23-18-49-96(103)124-121(135)138)132-120(130-116)140-109-60-29-26-57-106(109)137-111-76-81(68-74-98(111)126-123(137)140)80-67-73-97-110(75-80)136-105-56-25-28-59-108(105)139(122(136)125-97)118-128-115(127-117(131-118)134-101-52-21-15-45-92(101)93-46-16-22-53-102(93)134)79-65-71-88(72-66-79)143(85-38-9-3-10-39-85,86-40-11-4-12-41-86)113-62-32-48-95-94-47-17-30-61-112(94)141-114(95)113/h1-77H. The highest BCUT2D eigenvalue weighted by molar-refractivity contribution is 7.30. The quantitative estimate of drug-likeness (QED) is 0.0679. The van der Waals surface area contributed by atoms with Gasteiger partial charge >= 0.3 is 0 Å². The van der Waals surface area contributed by atoms with Crippen LogP contribution in [0.4, 0.5) is 0 Å². The summed E-state index contributed by atoms with van der Waals surface area (Å²) in [6, 6.07) is 169. The zero-order chi connectivity index (χ0) is 93.7. The molecule has 0 aliphatic heterocycles. The fourth-order valence-corrected chi connectivity index (χ4v) is 34.5. The number of nitrogens with zero attached hydrogens (tertiary/aromatic N) is 17. The van der Waals surface area contributed by atoms with Crippen molar-refractivity contribution in [3.63, 3.8) is 0 Å². The minimum absolute atomic E-state index is 0.380. The van der Waals surface area contributed by atoms with E-state index in [1.807, 2.05) is 17.4 Å². The molecular weight excluding hydrogens is 1800 g/mol. The topological polar surface area (TPSA) is 154 Å². The monoisotopic (exact) mass is 1880 g/mol. The van der Waals surface area contributed by atoms with E-state index in [4.69, 9.17) is 44.9 Å². The van der Waals surface area contributed by atoms with E-state index in [1.165, 1.54) is 72.4 Å². The van der Waals surface area contributed by atoms with E-state index in [2.05, 4.69) is 497 Å². The van der Waals surface area contributed by atoms with Crippen molar-refractivity contribution in [2.45, 2.75) is 0 Å². The van der Waals surface area contributed by atoms with E-state index in [-0.39, 0.29) is 0 Å². The van der Waals surface area contributed by atoms with Gasteiger partial charge in [-0.15, -0.1) is 11.3 Å². The Kier molecular flexibility index (Phi) is 17.6. The number of thiophene rings is 1. The lowest BCUT2D eigenvalue weighted by atomic mass is 10.0. The summed E-state index contributed by atoms with van der Waals surface area (Å²) >= 11 is 1.89. The number of benzene rings is 19. The van der Waals surface area contributed by atoms with Crippen molar-refractivity contribution in [1.29, 1.82) is 0 Å². The lowest BCUT2D eigenvalue weighted by Crippen LogP contribution is -2.74. The maximum Gasteiger partial charge on any atom is 0.242 e. The summed E-state index contributed by atoms with van der Waals surface area (Å²) in [5, 5.41) is 17.3. The second-order valence-electron chi connectivity index (χ2n) is 36.8. The highest BCUT2D eigenvalue weighted by Gasteiger charge is 2.45. The number of rotatable bonds is 16. The molecule has 0 unspecified atom stereocenters. The van der Waals surface area contributed by atoms with Crippen LogP contribution in [0.3, 0.4) is 0 Å². The predicted molar refractivity (Wildman–Crippen MR) is 588 cm³/mol. The SMILES string of the molecule is c1ccc([Si](c2ccccc2)(c2ccc(-c3nc(-n4c5ccccc5n5c6ccccc6nc45)nc(-n4c5ccccc5n5c6cc(-c7ccc8nc9n(-c%10nc(-c%11ccc([Si](c%12ccccc%12)(c%12ccccc%12)c%12cccc%13c%12sc%12ccccc%12%13)cc%11)nc(-n%11c%12ccccc%12c%12ccccc%12%11)n%10)c%10ccccc%10n9c8c7)ccc6nc45)n3)cc2)c2cccc(-n3c4ccccc4c4ccccc43)c2)cc1. The first-order valence-electron chi connectivity index (χ1n) is 48.1. The van der Waals surface area contributed by atoms with E-state index < -0.39 is 16.1 Å². The average molecular weight is 1880 g/mol. The zero-order valence-corrected chi connectivity index (χ0v) is 79.3. The molecule has 11 heterocycles. The molecule has 0 fully saturated rings. The molecule has 0 bridgehead atoms. The molecule has 0 radical (unpaired) electrons. The van der Waals surface area contributed by atoms with Gasteiger partial charge in [-0.1, -0.05) is 352 Å². The molecule has 17 nitrogen and oxygen atoms in total. The van der Waals surface area contributed by atoms with Gasteiger partial charge in [-0.3, -0.25) is 17.8 Å². The van der Waals surface area contributed by atoms with Crippen LogP contribution < -0.4 is 41.5 Å². The largest absolute Gasteiger partial charge is 0.309 e. The molecule has 20 heteroatoms. The summed E-state index contributed by atoms with van der Waals surface area (Å²) in [6.07, 6.45) is 0. The van der Waals surface area contributed by atoms with Crippen molar-refractivity contribution < 1.29 is 0 Å². The summed E-state index contributed by atoms with van der Waals surface area (Å²) in [5.74, 6) is 4.60. The third kappa shape index (κ3) is 11.9. The lowest BCUT2D eigenvalue weighted by Gasteiger charge is -2.35. The number of para-hydroxylation sites is 12. The van der Waals surface area contributed by atoms with Gasteiger partial charge in [0.1, 0.15) is 0 Å². The number of aromatic nitrogens is 17. The van der Waals surface area contributed by atoms with Gasteiger partial charge in [0.05, 0.1) is 88.3 Å². The summed E-state index contributed by atoms with van der Waals surface area (Å²) in [7, 11) is -6.32. The molecule has 143 heavy (non-hydrogen) atoms. The molecule has 0 saturated carbocycles. The van der Waals surface area contributed by atoms with Crippen molar-refractivity contribution in [2.75, 3.05) is 0 Å². The number of fused-ring (bicyclic) bond motifs is 24. The van der Waals surface area contributed by atoms with Gasteiger partial charge in [-0.25, -0.2) is 28.7 Å². The Morgan fingerprint density at radius 2 is 0.497 bits per heavy atom. The van der Waals surface area contributed by atoms with Crippen LogP contribution in [0.5, 0.6) is 0 Å². The summed E-state index contributed by atoms with van der Waals surface area (Å²) in [6.45, 7) is 0. The third-order valence-corrected chi connectivity index (χ3v) is 40.3. The van der Waals surface area contributed by atoms with Crippen LogP contribution in [0.2, 0.25) is 0 Å². The Balaban J connectivity index is 0.572. The fourth-order valence-electron chi connectivity index (χ4n) is 23.2. The first kappa shape index (κ1) is 80.4. The van der Waals surface area contributed by atoms with Crippen molar-refractivity contribution in [1.82, 2.24) is 80.9 Å². The van der Waals surface area contributed by atoms with Gasteiger partial charge in [-0.2, -0.15) is 29.9 Å². The molecule has 668 valence electrons. The maximum absolute atomic E-state index is 5.68. The fraction of sp³-hybridized carbons (Fsp3) is 0. The van der Waals surface area contributed by atoms with E-state index in [9.17, 15) is 0 Å². The third-order valence-electron chi connectivity index (χ3n) is 29.3. The minimum atomic E-state index is -3.20. The predicted octanol–water partition coefficient (Wildman–Crippen LogP) is 22.6. The van der Waals surface area contributed by atoms with Crippen LogP contribution in [0.15, 0.2) is 467 Å². The van der Waals surface area contributed by atoms with Gasteiger partial charge in [0.15, 0.2) is 27.8 Å². The van der Waals surface area contributed by atoms with Crippen LogP contribution >= 0.6 is 11.3 Å². The van der Waals surface area contributed by atoms with Crippen LogP contribution in [0.25, 0.3) is 211 Å². The Morgan fingerprint density at radius 3 is 0.944 bits per heavy atom. The normalized spacial score (nSPS) is 12.3. The molecule has 0 aliphatic rings. The maximum atomic E-state index is 5.68. The summed E-state index contributed by atoms with van der Waals surface area (Å²) in [4.78, 5) is 50.5. The highest BCUT2D eigenvalue weighted by Crippen LogP contribution is 2.42. The molecular formula is C123H77N17SSi2. The van der Waals surface area contributed by atoms with Gasteiger partial charge in [0.2, 0.25) is 41.1 Å². The van der Waals surface area contributed by atoms with Gasteiger partial charge in [-0.05, 0) is 168 Å². The van der Waals surface area contributed by atoms with Crippen LogP contribution in [-0.4, -0.2) is 97.0 Å². The van der Waals surface area contributed by atoms with Gasteiger partial charge < -0.3 is 4.57 Å². The molecule has 19 aromatic carbocycles. The van der Waals surface area contributed by atoms with Crippen LogP contribution in [-0.2, 0) is 0 Å². The second-order valence-corrected chi connectivity index (χ2v) is 45.4. The number of hydrogen-bond donors (Lipinski definition) is 0. The minimum Gasteiger partial charge on any atom is -0.309 e. The van der Waals surface area contributed by atoms with E-state index >= 15 is 0 Å². The van der Waals surface area contributed by atoms with Crippen LogP contribution in [0, 0.1) is 0 Å². The Hall–Kier alpha value is -18.7. The van der Waals surface area contributed by atoms with Crippen LogP contribution in [0.1, 0.15) is 0 Å². The lowest BCUT2D eigenvalue weighted by molar-refractivity contribution is 0.877. The summed E-state index contributed by atoms with van der Waals surface area (Å²) < 4.78 is 20.2. The smallest absolute Gasteiger partial charge is 0.242 e. The first-order chi connectivity index (χ1) is 70.9.